The van der Waals surface area contributed by atoms with Crippen molar-refractivity contribution in [1.29, 1.82) is 0 Å². The van der Waals surface area contributed by atoms with Gasteiger partial charge >= 0.3 is 0 Å². The minimum Gasteiger partial charge on any atom is -0.278 e. The van der Waals surface area contributed by atoms with E-state index in [4.69, 9.17) is 0 Å². The maximum Gasteiger partial charge on any atom is 0.237 e. The van der Waals surface area contributed by atoms with Crippen molar-refractivity contribution in [2.75, 3.05) is 4.90 Å². The summed E-state index contributed by atoms with van der Waals surface area (Å²) in [6.07, 6.45) is 7.67. The first-order valence-electron chi connectivity index (χ1n) is 7.71. The fourth-order valence-electron chi connectivity index (χ4n) is 4.75. The van der Waals surface area contributed by atoms with E-state index in [1.807, 2.05) is 30.3 Å². The van der Waals surface area contributed by atoms with E-state index in [1.54, 1.807) is 0 Å². The molecule has 108 valence electrons. The molecule has 2 bridgehead atoms. The van der Waals surface area contributed by atoms with Gasteiger partial charge in [-0.25, -0.2) is 0 Å². The zero-order chi connectivity index (χ0) is 14.6. The van der Waals surface area contributed by atoms with Crippen LogP contribution in [-0.2, 0) is 9.59 Å². The molecule has 4 atom stereocenters. The Morgan fingerprint density at radius 2 is 1.86 bits per heavy atom. The molecule has 2 amide bonds. The number of benzene rings is 1. The SMILES string of the molecule is C[C@H]1[C@H](C(=O)N(C=O)c2ccccc2)[C@H]2C=C[C@H]1C21CC1. The van der Waals surface area contributed by atoms with E-state index in [0.717, 1.165) is 0 Å². The summed E-state index contributed by atoms with van der Waals surface area (Å²) < 4.78 is 0. The van der Waals surface area contributed by atoms with Gasteiger partial charge in [0.05, 0.1) is 5.69 Å². The van der Waals surface area contributed by atoms with Gasteiger partial charge in [-0.1, -0.05) is 37.3 Å². The van der Waals surface area contributed by atoms with E-state index in [-0.39, 0.29) is 11.8 Å². The van der Waals surface area contributed by atoms with E-state index < -0.39 is 0 Å². The van der Waals surface area contributed by atoms with Crippen LogP contribution >= 0.6 is 0 Å². The lowest BCUT2D eigenvalue weighted by molar-refractivity contribution is -0.126. The number of hydrogen-bond donors (Lipinski definition) is 0. The van der Waals surface area contributed by atoms with Gasteiger partial charge < -0.3 is 0 Å². The number of carbonyl (C=O) groups is 2. The van der Waals surface area contributed by atoms with Crippen LogP contribution in [0.2, 0.25) is 0 Å². The van der Waals surface area contributed by atoms with Crippen LogP contribution < -0.4 is 4.90 Å². The van der Waals surface area contributed by atoms with Crippen LogP contribution in [0.3, 0.4) is 0 Å². The molecule has 0 radical (unpaired) electrons. The number of hydrogen-bond acceptors (Lipinski definition) is 2. The van der Waals surface area contributed by atoms with Crippen LogP contribution in [0.15, 0.2) is 42.5 Å². The van der Waals surface area contributed by atoms with Gasteiger partial charge in [0.25, 0.3) is 0 Å². The number of anilines is 1. The third-order valence-electron chi connectivity index (χ3n) is 5.86. The molecule has 2 saturated carbocycles. The molecule has 1 aromatic rings. The maximum atomic E-state index is 13.0. The monoisotopic (exact) mass is 281 g/mol. The standard InChI is InChI=1S/C18H19NO2/c1-12-14-7-8-15(18(14)9-10-18)16(12)17(21)19(11-20)13-5-3-2-4-6-13/h2-8,11-12,14-16H,9-10H2,1H3/t12-,14-,15-,16+/m1/s1. The maximum absolute atomic E-state index is 13.0. The molecule has 3 aliphatic rings. The Kier molecular flexibility index (Phi) is 2.62. The average molecular weight is 281 g/mol. The third kappa shape index (κ3) is 1.60. The number of nitrogens with zero attached hydrogens (tertiary/aromatic N) is 1. The summed E-state index contributed by atoms with van der Waals surface area (Å²) in [7, 11) is 0. The quantitative estimate of drug-likeness (QED) is 0.631. The van der Waals surface area contributed by atoms with Crippen LogP contribution in [0.4, 0.5) is 5.69 Å². The highest BCUT2D eigenvalue weighted by atomic mass is 16.2. The van der Waals surface area contributed by atoms with Crippen LogP contribution in [0.25, 0.3) is 0 Å². The second kappa shape index (κ2) is 4.30. The molecule has 0 N–H and O–H groups in total. The van der Waals surface area contributed by atoms with Crippen LogP contribution in [0, 0.1) is 29.1 Å². The summed E-state index contributed by atoms with van der Waals surface area (Å²) in [4.78, 5) is 25.7. The van der Waals surface area contributed by atoms with Crippen LogP contribution in [-0.4, -0.2) is 12.3 Å². The summed E-state index contributed by atoms with van der Waals surface area (Å²) in [5, 5.41) is 0. The number of allylic oxidation sites excluding steroid dienone is 2. The van der Waals surface area contributed by atoms with Crippen molar-refractivity contribution in [3.05, 3.63) is 42.5 Å². The number of carbonyl (C=O) groups excluding carboxylic acids is 2. The van der Waals surface area contributed by atoms with Crippen molar-refractivity contribution in [2.24, 2.45) is 29.1 Å². The number of para-hydroxylation sites is 1. The zero-order valence-corrected chi connectivity index (χ0v) is 12.1. The topological polar surface area (TPSA) is 37.4 Å². The summed E-state index contributed by atoms with van der Waals surface area (Å²) in [6.45, 7) is 2.17. The van der Waals surface area contributed by atoms with Crippen molar-refractivity contribution < 1.29 is 9.59 Å². The van der Waals surface area contributed by atoms with Crippen molar-refractivity contribution in [3.63, 3.8) is 0 Å². The summed E-state index contributed by atoms with van der Waals surface area (Å²) in [5.74, 6) is 1.11. The fraction of sp³-hybridized carbons (Fsp3) is 0.444. The van der Waals surface area contributed by atoms with Crippen molar-refractivity contribution in [2.45, 2.75) is 19.8 Å². The molecule has 3 aliphatic carbocycles. The summed E-state index contributed by atoms with van der Waals surface area (Å²) in [6, 6.07) is 9.22. The zero-order valence-electron chi connectivity index (χ0n) is 12.1. The molecule has 4 rings (SSSR count). The van der Waals surface area contributed by atoms with Crippen molar-refractivity contribution in [1.82, 2.24) is 0 Å². The minimum absolute atomic E-state index is 0.0353. The largest absolute Gasteiger partial charge is 0.278 e. The lowest BCUT2D eigenvalue weighted by Crippen LogP contribution is -2.39. The summed E-state index contributed by atoms with van der Waals surface area (Å²) >= 11 is 0. The molecule has 2 fully saturated rings. The van der Waals surface area contributed by atoms with Gasteiger partial charge in [0.1, 0.15) is 0 Å². The summed E-state index contributed by atoms with van der Waals surface area (Å²) in [5.41, 5.74) is 1.02. The minimum atomic E-state index is -0.0482. The van der Waals surface area contributed by atoms with Crippen LogP contribution in [0.1, 0.15) is 19.8 Å². The number of amides is 2. The van der Waals surface area contributed by atoms with Gasteiger partial charge in [0.15, 0.2) is 0 Å². The van der Waals surface area contributed by atoms with Gasteiger partial charge in [-0.05, 0) is 48.1 Å². The van der Waals surface area contributed by atoms with E-state index in [1.165, 1.54) is 17.7 Å². The Balaban J connectivity index is 1.66. The highest BCUT2D eigenvalue weighted by molar-refractivity contribution is 6.08. The molecular weight excluding hydrogens is 262 g/mol. The lowest BCUT2D eigenvalue weighted by Gasteiger charge is -2.27. The van der Waals surface area contributed by atoms with E-state index in [0.29, 0.717) is 35.3 Å². The van der Waals surface area contributed by atoms with Crippen molar-refractivity contribution >= 4 is 18.0 Å². The van der Waals surface area contributed by atoms with Gasteiger partial charge in [0, 0.05) is 5.92 Å². The van der Waals surface area contributed by atoms with Gasteiger partial charge in [0.2, 0.25) is 12.3 Å². The smallest absolute Gasteiger partial charge is 0.237 e. The molecule has 1 aromatic carbocycles. The Bertz CT molecular complexity index is 617. The van der Waals surface area contributed by atoms with Crippen LogP contribution in [0.5, 0.6) is 0 Å². The number of rotatable bonds is 3. The van der Waals surface area contributed by atoms with Crippen molar-refractivity contribution in [3.8, 4) is 0 Å². The Morgan fingerprint density at radius 1 is 1.19 bits per heavy atom. The molecule has 0 saturated heterocycles. The molecule has 0 heterocycles. The molecular formula is C18H19NO2. The average Bonchev–Trinajstić information content (AvgIpc) is 3.16. The highest BCUT2D eigenvalue weighted by Gasteiger charge is 2.67. The van der Waals surface area contributed by atoms with Gasteiger partial charge in [-0.2, -0.15) is 0 Å². The van der Waals surface area contributed by atoms with Gasteiger partial charge in [-0.3, -0.25) is 14.5 Å². The lowest BCUT2D eigenvalue weighted by atomic mass is 9.83. The molecule has 0 aliphatic heterocycles. The Hall–Kier alpha value is -1.90. The molecule has 21 heavy (non-hydrogen) atoms. The first kappa shape index (κ1) is 12.8. The Morgan fingerprint density at radius 3 is 2.43 bits per heavy atom. The van der Waals surface area contributed by atoms with E-state index in [2.05, 4.69) is 19.1 Å². The predicted octanol–water partition coefficient (Wildman–Crippen LogP) is 3.02. The molecule has 3 heteroatoms. The molecule has 3 nitrogen and oxygen atoms in total. The fourth-order valence-corrected chi connectivity index (χ4v) is 4.75. The Labute approximate surface area is 124 Å². The third-order valence-corrected chi connectivity index (χ3v) is 5.86. The first-order valence-corrected chi connectivity index (χ1v) is 7.71. The predicted molar refractivity (Wildman–Crippen MR) is 80.4 cm³/mol. The molecule has 0 unspecified atom stereocenters. The van der Waals surface area contributed by atoms with E-state index in [9.17, 15) is 9.59 Å². The highest BCUT2D eigenvalue weighted by Crippen LogP contribution is 2.72. The normalized spacial score (nSPS) is 34.1. The second-order valence-corrected chi connectivity index (χ2v) is 6.70. The van der Waals surface area contributed by atoms with E-state index >= 15 is 0 Å². The second-order valence-electron chi connectivity index (χ2n) is 6.70. The molecule has 1 spiro atoms. The molecule has 0 aromatic heterocycles. The van der Waals surface area contributed by atoms with Gasteiger partial charge in [-0.15, -0.1) is 0 Å². The first-order chi connectivity index (χ1) is 10.2. The number of imide groups is 1.